The van der Waals surface area contributed by atoms with Crippen LogP contribution >= 0.6 is 0 Å². The van der Waals surface area contributed by atoms with Crippen molar-refractivity contribution in [1.29, 1.82) is 0 Å². The maximum Gasteiger partial charge on any atom is 0.488 e. The molecular weight excluding hydrogens is 489 g/mol. The molecule has 40 heavy (non-hydrogen) atoms. The quantitative estimate of drug-likeness (QED) is 0.189. The van der Waals surface area contributed by atoms with E-state index in [0.717, 1.165) is 22.3 Å². The lowest BCUT2D eigenvalue weighted by atomic mass is 9.80. The Balaban J connectivity index is 1.38. The first kappa shape index (κ1) is 23.0. The topological polar surface area (TPSA) is 45.4 Å². The molecule has 0 radical (unpaired) electrons. The van der Waals surface area contributed by atoms with Gasteiger partial charge in [-0.1, -0.05) is 103 Å². The van der Waals surface area contributed by atoms with Crippen LogP contribution in [0.3, 0.4) is 0 Å². The molecule has 0 aliphatic carbocycles. The Hall–Kier alpha value is -4.90. The molecule has 0 aliphatic rings. The molecule has 1 heterocycles. The SMILES string of the molecule is OB(O)c1ccc(-n2c3ccccc3c3ccc(-c4ccc5c6ccccc6c6ccccc6c5c4)cc32)cc1. The van der Waals surface area contributed by atoms with Crippen molar-refractivity contribution in [2.75, 3.05) is 0 Å². The molecule has 1 aromatic heterocycles. The first-order chi connectivity index (χ1) is 19.7. The van der Waals surface area contributed by atoms with Crippen molar-refractivity contribution in [1.82, 2.24) is 4.57 Å². The van der Waals surface area contributed by atoms with E-state index in [1.165, 1.54) is 48.7 Å². The molecule has 3 nitrogen and oxygen atoms in total. The van der Waals surface area contributed by atoms with E-state index in [2.05, 4.69) is 114 Å². The van der Waals surface area contributed by atoms with Gasteiger partial charge in [-0.05, 0) is 79.2 Å². The van der Waals surface area contributed by atoms with Crippen molar-refractivity contribution in [3.63, 3.8) is 0 Å². The fourth-order valence-electron chi connectivity index (χ4n) is 6.31. The van der Waals surface area contributed by atoms with E-state index in [9.17, 15) is 10.0 Å². The molecule has 0 unspecified atom stereocenters. The fourth-order valence-corrected chi connectivity index (χ4v) is 6.31. The summed E-state index contributed by atoms with van der Waals surface area (Å²) in [7, 11) is -1.49. The molecule has 2 N–H and O–H groups in total. The molecule has 0 saturated carbocycles. The van der Waals surface area contributed by atoms with Crippen LogP contribution in [0.4, 0.5) is 0 Å². The van der Waals surface area contributed by atoms with Gasteiger partial charge in [-0.3, -0.25) is 0 Å². The minimum atomic E-state index is -1.49. The van der Waals surface area contributed by atoms with E-state index in [1.54, 1.807) is 12.1 Å². The van der Waals surface area contributed by atoms with Gasteiger partial charge in [0.1, 0.15) is 0 Å². The van der Waals surface area contributed by atoms with Crippen molar-refractivity contribution >= 4 is 66.7 Å². The monoisotopic (exact) mass is 513 g/mol. The minimum Gasteiger partial charge on any atom is -0.423 e. The summed E-state index contributed by atoms with van der Waals surface area (Å²) in [4.78, 5) is 0. The average Bonchev–Trinajstić information content (AvgIpc) is 3.34. The van der Waals surface area contributed by atoms with Crippen LogP contribution in [0.25, 0.3) is 70.9 Å². The number of hydrogen-bond donors (Lipinski definition) is 2. The molecule has 0 amide bonds. The standard InChI is InChI=1S/C36H24BNO2/c39-37(40)25-15-17-26(18-16-25)38-35-12-6-5-11-32(35)33-20-14-24(22-36(33)38)23-13-19-31-29-9-2-1-7-27(29)28-8-3-4-10-30(28)34(31)21-23/h1-22,39-40H. The Labute approximate surface area is 231 Å². The summed E-state index contributed by atoms with van der Waals surface area (Å²) in [5.74, 6) is 0. The molecule has 0 spiro atoms. The third-order valence-corrected chi connectivity index (χ3v) is 8.20. The van der Waals surface area contributed by atoms with Crippen LogP contribution in [0.15, 0.2) is 133 Å². The summed E-state index contributed by atoms with van der Waals surface area (Å²) < 4.78 is 2.26. The Morgan fingerprint density at radius 1 is 0.400 bits per heavy atom. The molecular formula is C36H24BNO2. The third kappa shape index (κ3) is 3.41. The number of para-hydroxylation sites is 1. The van der Waals surface area contributed by atoms with Gasteiger partial charge < -0.3 is 14.6 Å². The summed E-state index contributed by atoms with van der Waals surface area (Å²) in [6.07, 6.45) is 0. The molecule has 188 valence electrons. The fraction of sp³-hybridized carbons (Fsp3) is 0. The zero-order chi connectivity index (χ0) is 26.8. The Bertz CT molecular complexity index is 2210. The van der Waals surface area contributed by atoms with E-state index in [4.69, 9.17) is 0 Å². The molecule has 0 aliphatic heterocycles. The van der Waals surface area contributed by atoms with Gasteiger partial charge in [-0.25, -0.2) is 0 Å². The smallest absolute Gasteiger partial charge is 0.423 e. The van der Waals surface area contributed by atoms with Crippen LogP contribution in [0.1, 0.15) is 0 Å². The van der Waals surface area contributed by atoms with Gasteiger partial charge in [-0.2, -0.15) is 0 Å². The van der Waals surface area contributed by atoms with Gasteiger partial charge in [0.15, 0.2) is 0 Å². The summed E-state index contributed by atoms with van der Waals surface area (Å²) >= 11 is 0. The second-order valence-electron chi connectivity index (χ2n) is 10.4. The lowest BCUT2D eigenvalue weighted by Crippen LogP contribution is -2.29. The van der Waals surface area contributed by atoms with E-state index in [0.29, 0.717) is 5.46 Å². The summed E-state index contributed by atoms with van der Waals surface area (Å²) in [6, 6.07) is 46.7. The largest absolute Gasteiger partial charge is 0.488 e. The van der Waals surface area contributed by atoms with Crippen LogP contribution in [-0.2, 0) is 0 Å². The van der Waals surface area contributed by atoms with Gasteiger partial charge in [0.2, 0.25) is 0 Å². The lowest BCUT2D eigenvalue weighted by Gasteiger charge is -2.13. The molecule has 8 rings (SSSR count). The van der Waals surface area contributed by atoms with Gasteiger partial charge in [-0.15, -0.1) is 0 Å². The van der Waals surface area contributed by atoms with Crippen molar-refractivity contribution in [3.8, 4) is 16.8 Å². The molecule has 7 aromatic carbocycles. The van der Waals surface area contributed by atoms with Crippen LogP contribution in [0.5, 0.6) is 0 Å². The normalized spacial score (nSPS) is 11.8. The minimum absolute atomic E-state index is 0.473. The van der Waals surface area contributed by atoms with Crippen LogP contribution < -0.4 is 5.46 Å². The molecule has 0 fully saturated rings. The van der Waals surface area contributed by atoms with Crippen molar-refractivity contribution < 1.29 is 10.0 Å². The highest BCUT2D eigenvalue weighted by molar-refractivity contribution is 6.58. The second kappa shape index (κ2) is 8.82. The third-order valence-electron chi connectivity index (χ3n) is 8.20. The predicted octanol–water partition coefficient (Wildman–Crippen LogP) is 7.59. The Morgan fingerprint density at radius 3 is 1.50 bits per heavy atom. The van der Waals surface area contributed by atoms with Crippen molar-refractivity contribution in [2.45, 2.75) is 0 Å². The molecule has 0 saturated heterocycles. The van der Waals surface area contributed by atoms with E-state index in [1.807, 2.05) is 12.1 Å². The van der Waals surface area contributed by atoms with Crippen molar-refractivity contribution in [3.05, 3.63) is 133 Å². The first-order valence-corrected chi connectivity index (χ1v) is 13.5. The maximum atomic E-state index is 9.60. The Morgan fingerprint density at radius 2 is 0.875 bits per heavy atom. The summed E-state index contributed by atoms with van der Waals surface area (Å²) in [5.41, 5.74) is 6.00. The van der Waals surface area contributed by atoms with Gasteiger partial charge in [0, 0.05) is 16.5 Å². The first-order valence-electron chi connectivity index (χ1n) is 13.5. The number of aromatic nitrogens is 1. The zero-order valence-electron chi connectivity index (χ0n) is 21.6. The summed E-state index contributed by atoms with van der Waals surface area (Å²) in [6.45, 7) is 0. The van der Waals surface area contributed by atoms with Gasteiger partial charge >= 0.3 is 7.12 Å². The van der Waals surface area contributed by atoms with Crippen LogP contribution in [0.2, 0.25) is 0 Å². The Kier molecular flexibility index (Phi) is 5.08. The predicted molar refractivity (Wildman–Crippen MR) is 169 cm³/mol. The highest BCUT2D eigenvalue weighted by Crippen LogP contribution is 2.39. The average molecular weight is 513 g/mol. The van der Waals surface area contributed by atoms with Gasteiger partial charge in [0.25, 0.3) is 0 Å². The van der Waals surface area contributed by atoms with Crippen molar-refractivity contribution in [2.24, 2.45) is 0 Å². The van der Waals surface area contributed by atoms with Crippen LogP contribution in [0, 0.1) is 0 Å². The number of hydrogen-bond acceptors (Lipinski definition) is 2. The van der Waals surface area contributed by atoms with E-state index >= 15 is 0 Å². The lowest BCUT2D eigenvalue weighted by molar-refractivity contribution is 0.426. The molecule has 8 aromatic rings. The van der Waals surface area contributed by atoms with E-state index in [-0.39, 0.29) is 0 Å². The maximum absolute atomic E-state index is 9.60. The zero-order valence-corrected chi connectivity index (χ0v) is 21.6. The van der Waals surface area contributed by atoms with Crippen LogP contribution in [-0.4, -0.2) is 21.7 Å². The molecule has 0 bridgehead atoms. The highest BCUT2D eigenvalue weighted by Gasteiger charge is 2.16. The number of benzene rings is 7. The number of fused-ring (bicyclic) bond motifs is 9. The molecule has 0 atom stereocenters. The second-order valence-corrected chi connectivity index (χ2v) is 10.4. The number of rotatable bonds is 3. The number of nitrogens with zero attached hydrogens (tertiary/aromatic N) is 1. The molecule has 4 heteroatoms. The summed E-state index contributed by atoms with van der Waals surface area (Å²) in [5, 5.41) is 29.2. The van der Waals surface area contributed by atoms with Gasteiger partial charge in [0.05, 0.1) is 11.0 Å². The van der Waals surface area contributed by atoms with E-state index < -0.39 is 7.12 Å². The highest BCUT2D eigenvalue weighted by atomic mass is 16.4.